The van der Waals surface area contributed by atoms with Crippen LogP contribution < -0.4 is 5.32 Å². The van der Waals surface area contributed by atoms with Crippen molar-refractivity contribution in [2.24, 2.45) is 0 Å². The molecule has 130 valence electrons. The summed E-state index contributed by atoms with van der Waals surface area (Å²) in [6, 6.07) is 4.20. The average Bonchev–Trinajstić information content (AvgIpc) is 2.49. The van der Waals surface area contributed by atoms with Crippen LogP contribution in [0, 0.1) is 0 Å². The number of fused-ring (bicyclic) bond motifs is 1. The van der Waals surface area contributed by atoms with Gasteiger partial charge in [-0.15, -0.1) is 0 Å². The van der Waals surface area contributed by atoms with Gasteiger partial charge in [-0.2, -0.15) is 13.2 Å². The third kappa shape index (κ3) is 3.88. The number of aromatic hydroxyl groups is 1. The molecule has 1 aliphatic carbocycles. The first-order valence-corrected chi connectivity index (χ1v) is 8.28. The molecule has 1 aromatic carbocycles. The predicted octanol–water partition coefficient (Wildman–Crippen LogP) is 4.88. The topological polar surface area (TPSA) is 58.0 Å². The number of nitrogens with one attached hydrogen (secondary N) is 1. The van der Waals surface area contributed by atoms with E-state index in [1.807, 2.05) is 0 Å². The van der Waals surface area contributed by atoms with Crippen molar-refractivity contribution in [1.82, 2.24) is 9.97 Å². The van der Waals surface area contributed by atoms with Crippen molar-refractivity contribution in [2.45, 2.75) is 57.2 Å². The fourth-order valence-corrected chi connectivity index (χ4v) is 3.15. The van der Waals surface area contributed by atoms with Crippen molar-refractivity contribution in [2.75, 3.05) is 5.32 Å². The first-order chi connectivity index (χ1) is 11.4. The molecular formula is C17H20F3N3O. The molecule has 1 saturated carbocycles. The average molecular weight is 339 g/mol. The summed E-state index contributed by atoms with van der Waals surface area (Å²) < 4.78 is 39.2. The number of hydrogen-bond donors (Lipinski definition) is 2. The normalized spacial score (nSPS) is 17.5. The van der Waals surface area contributed by atoms with Crippen LogP contribution in [0.25, 0.3) is 10.9 Å². The van der Waals surface area contributed by atoms with E-state index in [9.17, 15) is 18.3 Å². The van der Waals surface area contributed by atoms with E-state index >= 15 is 0 Å². The van der Waals surface area contributed by atoms with Gasteiger partial charge in [0.25, 0.3) is 0 Å². The lowest BCUT2D eigenvalue weighted by atomic mass is 9.96. The summed E-state index contributed by atoms with van der Waals surface area (Å²) in [4.78, 5) is 7.29. The second-order valence-electron chi connectivity index (χ2n) is 6.28. The third-order valence-electron chi connectivity index (χ3n) is 4.38. The van der Waals surface area contributed by atoms with E-state index in [1.54, 1.807) is 0 Å². The van der Waals surface area contributed by atoms with E-state index in [1.165, 1.54) is 24.6 Å². The summed E-state index contributed by atoms with van der Waals surface area (Å²) in [7, 11) is 0. The molecule has 0 atom stereocenters. The lowest BCUT2D eigenvalue weighted by Gasteiger charge is -2.22. The number of benzene rings is 1. The molecule has 3 rings (SSSR count). The van der Waals surface area contributed by atoms with E-state index < -0.39 is 12.0 Å². The van der Waals surface area contributed by atoms with Crippen LogP contribution in [0.3, 0.4) is 0 Å². The Labute approximate surface area is 138 Å². The molecule has 24 heavy (non-hydrogen) atoms. The first kappa shape index (κ1) is 16.8. The van der Waals surface area contributed by atoms with Gasteiger partial charge in [0.1, 0.15) is 11.6 Å². The number of alkyl halides is 3. The zero-order valence-corrected chi connectivity index (χ0v) is 13.2. The van der Waals surface area contributed by atoms with Gasteiger partial charge >= 0.3 is 6.18 Å². The van der Waals surface area contributed by atoms with Crippen molar-refractivity contribution in [3.05, 3.63) is 24.0 Å². The van der Waals surface area contributed by atoms with Crippen molar-refractivity contribution in [1.29, 1.82) is 0 Å². The number of nitrogens with zero attached hydrogens (tertiary/aromatic N) is 2. The van der Waals surface area contributed by atoms with E-state index in [-0.39, 0.29) is 23.1 Å². The number of rotatable bonds is 2. The summed E-state index contributed by atoms with van der Waals surface area (Å²) in [5, 5.41) is 13.2. The number of phenolic OH excluding ortho intramolecular Hbond substituents is 1. The molecule has 0 amide bonds. The van der Waals surface area contributed by atoms with Crippen LogP contribution in [0.2, 0.25) is 0 Å². The van der Waals surface area contributed by atoms with Crippen LogP contribution in [0.15, 0.2) is 18.2 Å². The second-order valence-corrected chi connectivity index (χ2v) is 6.28. The lowest BCUT2D eigenvalue weighted by Crippen LogP contribution is -2.23. The standard InChI is InChI=1S/C17H20F3N3O/c18-17(19,20)16-22-14-9-8-12(24)10-13(14)15(23-16)21-11-6-4-2-1-3-5-7-11/h8-11,24H,1-7H2,(H,21,22,23). The van der Waals surface area contributed by atoms with E-state index in [0.717, 1.165) is 38.5 Å². The highest BCUT2D eigenvalue weighted by Gasteiger charge is 2.35. The zero-order valence-electron chi connectivity index (χ0n) is 13.2. The van der Waals surface area contributed by atoms with E-state index in [2.05, 4.69) is 15.3 Å². The van der Waals surface area contributed by atoms with Gasteiger partial charge in [0.2, 0.25) is 5.82 Å². The maximum absolute atomic E-state index is 13.1. The van der Waals surface area contributed by atoms with E-state index in [0.29, 0.717) is 5.39 Å². The summed E-state index contributed by atoms with van der Waals surface area (Å²) >= 11 is 0. The quantitative estimate of drug-likeness (QED) is 0.819. The van der Waals surface area contributed by atoms with Gasteiger partial charge in [0, 0.05) is 11.4 Å². The molecule has 0 radical (unpaired) electrons. The number of aromatic nitrogens is 2. The molecule has 0 unspecified atom stereocenters. The third-order valence-corrected chi connectivity index (χ3v) is 4.38. The fraction of sp³-hybridized carbons (Fsp3) is 0.529. The Bertz CT molecular complexity index is 710. The van der Waals surface area contributed by atoms with Gasteiger partial charge in [-0.3, -0.25) is 0 Å². The molecule has 4 nitrogen and oxygen atoms in total. The molecule has 2 aromatic rings. The SMILES string of the molecule is Oc1ccc2nc(C(F)(F)F)nc(NC3CCCCCCC3)c2c1. The molecule has 1 aromatic heterocycles. The number of phenols is 1. The second kappa shape index (κ2) is 6.83. The van der Waals surface area contributed by atoms with Crippen LogP contribution in [0.1, 0.15) is 50.8 Å². The molecule has 0 saturated heterocycles. The number of hydrogen-bond acceptors (Lipinski definition) is 4. The first-order valence-electron chi connectivity index (χ1n) is 8.28. The van der Waals surface area contributed by atoms with E-state index in [4.69, 9.17) is 0 Å². The van der Waals surface area contributed by atoms with Gasteiger partial charge in [-0.25, -0.2) is 9.97 Å². The van der Waals surface area contributed by atoms with Crippen LogP contribution in [-0.2, 0) is 6.18 Å². The highest BCUT2D eigenvalue weighted by atomic mass is 19.4. The Hall–Kier alpha value is -2.05. The molecule has 0 aliphatic heterocycles. The van der Waals surface area contributed by atoms with Crippen LogP contribution >= 0.6 is 0 Å². The van der Waals surface area contributed by atoms with Crippen LogP contribution in [-0.4, -0.2) is 21.1 Å². The highest BCUT2D eigenvalue weighted by Crippen LogP contribution is 2.32. The van der Waals surface area contributed by atoms with Gasteiger partial charge in [-0.1, -0.05) is 32.1 Å². The van der Waals surface area contributed by atoms with Gasteiger partial charge in [-0.05, 0) is 31.0 Å². The van der Waals surface area contributed by atoms with Crippen molar-refractivity contribution >= 4 is 16.7 Å². The minimum absolute atomic E-state index is 0.0217. The Morgan fingerprint density at radius 1 is 1.00 bits per heavy atom. The Morgan fingerprint density at radius 3 is 2.33 bits per heavy atom. The van der Waals surface area contributed by atoms with Gasteiger partial charge in [0.15, 0.2) is 0 Å². The Balaban J connectivity index is 1.98. The summed E-state index contributed by atoms with van der Waals surface area (Å²) in [5.41, 5.74) is 0.170. The van der Waals surface area contributed by atoms with Crippen LogP contribution in [0.5, 0.6) is 5.75 Å². The largest absolute Gasteiger partial charge is 0.508 e. The smallest absolute Gasteiger partial charge is 0.451 e. The molecular weight excluding hydrogens is 319 g/mol. The molecule has 2 N–H and O–H groups in total. The number of halogens is 3. The maximum atomic E-state index is 13.1. The molecule has 1 heterocycles. The number of anilines is 1. The van der Waals surface area contributed by atoms with Gasteiger partial charge in [0.05, 0.1) is 5.52 Å². The molecule has 0 bridgehead atoms. The molecule has 0 spiro atoms. The van der Waals surface area contributed by atoms with Crippen molar-refractivity contribution < 1.29 is 18.3 Å². The summed E-state index contributed by atoms with van der Waals surface area (Å²) in [6.45, 7) is 0. The fourth-order valence-electron chi connectivity index (χ4n) is 3.15. The predicted molar refractivity (Wildman–Crippen MR) is 85.9 cm³/mol. The Kier molecular flexibility index (Phi) is 4.78. The molecule has 1 aliphatic rings. The minimum Gasteiger partial charge on any atom is -0.508 e. The maximum Gasteiger partial charge on any atom is 0.451 e. The lowest BCUT2D eigenvalue weighted by molar-refractivity contribution is -0.144. The summed E-state index contributed by atoms with van der Waals surface area (Å²) in [6.07, 6.45) is 2.83. The minimum atomic E-state index is -4.61. The highest BCUT2D eigenvalue weighted by molar-refractivity contribution is 5.90. The Morgan fingerprint density at radius 2 is 1.67 bits per heavy atom. The van der Waals surface area contributed by atoms with Crippen LogP contribution in [0.4, 0.5) is 19.0 Å². The molecule has 7 heteroatoms. The summed E-state index contributed by atoms with van der Waals surface area (Å²) in [5.74, 6) is -1.03. The van der Waals surface area contributed by atoms with Gasteiger partial charge < -0.3 is 10.4 Å². The monoisotopic (exact) mass is 339 g/mol. The zero-order chi connectivity index (χ0) is 17.2. The van der Waals surface area contributed by atoms with Crippen molar-refractivity contribution in [3.8, 4) is 5.75 Å². The van der Waals surface area contributed by atoms with Crippen molar-refractivity contribution in [3.63, 3.8) is 0 Å². The molecule has 1 fully saturated rings.